The number of carbonyl (C=O) groups excluding carboxylic acids is 1. The Morgan fingerprint density at radius 2 is 1.81 bits per heavy atom. The molecule has 1 heterocycles. The maximum atomic E-state index is 13.2. The van der Waals surface area contributed by atoms with Crippen LogP contribution in [-0.2, 0) is 6.54 Å². The van der Waals surface area contributed by atoms with Gasteiger partial charge in [-0.05, 0) is 49.4 Å². The van der Waals surface area contributed by atoms with Crippen LogP contribution in [0.5, 0.6) is 11.6 Å². The summed E-state index contributed by atoms with van der Waals surface area (Å²) in [6, 6.07) is 9.41. The van der Waals surface area contributed by atoms with Crippen LogP contribution >= 0.6 is 0 Å². The molecule has 0 amide bonds. The summed E-state index contributed by atoms with van der Waals surface area (Å²) in [4.78, 5) is 25.8. The van der Waals surface area contributed by atoms with Crippen LogP contribution in [0.1, 0.15) is 86.3 Å². The lowest BCUT2D eigenvalue weighted by atomic mass is 9.99. The number of ketones is 1. The van der Waals surface area contributed by atoms with Crippen LogP contribution in [0.3, 0.4) is 0 Å². The van der Waals surface area contributed by atoms with E-state index in [0.717, 1.165) is 29.4 Å². The normalized spacial score (nSPS) is 11.9. The first-order valence-electron chi connectivity index (χ1n) is 10.9. The number of aromatic nitrogens is 1. The van der Waals surface area contributed by atoms with E-state index in [-0.39, 0.29) is 23.2 Å². The molecule has 0 aliphatic carbocycles. The van der Waals surface area contributed by atoms with Gasteiger partial charge in [0, 0.05) is 6.54 Å². The van der Waals surface area contributed by atoms with Gasteiger partial charge in [0.05, 0.1) is 5.56 Å². The van der Waals surface area contributed by atoms with Crippen molar-refractivity contribution in [3.63, 3.8) is 0 Å². The molecule has 1 atom stereocenters. The molecule has 31 heavy (non-hydrogen) atoms. The largest absolute Gasteiger partial charge is 0.494 e. The lowest BCUT2D eigenvalue weighted by Crippen LogP contribution is -2.30. The van der Waals surface area contributed by atoms with Gasteiger partial charge in [-0.1, -0.05) is 52.2 Å². The fourth-order valence-corrected chi connectivity index (χ4v) is 3.54. The molecule has 6 nitrogen and oxygen atoms in total. The Morgan fingerprint density at radius 1 is 1.16 bits per heavy atom. The molecule has 0 radical (unpaired) electrons. The number of nitriles is 1. The van der Waals surface area contributed by atoms with Gasteiger partial charge in [0.25, 0.3) is 5.56 Å². The smallest absolute Gasteiger partial charge is 0.271 e. The predicted octanol–water partition coefficient (Wildman–Crippen LogP) is 5.09. The zero-order chi connectivity index (χ0) is 23.1. The van der Waals surface area contributed by atoms with Crippen LogP contribution in [0.4, 0.5) is 0 Å². The number of Topliss-reactive ketones (excluding diaryl/α,β-unsaturated/α-hetero) is 1. The van der Waals surface area contributed by atoms with Crippen LogP contribution in [0.2, 0.25) is 0 Å². The third-order valence-corrected chi connectivity index (χ3v) is 5.51. The summed E-state index contributed by atoms with van der Waals surface area (Å²) in [5, 5.41) is 20.3. The SMILES string of the molecule is CCCCCCn1c(O)c(C(=O)C(C)Oc2ccc(C(C)C)cc2)c(C)c(C#N)c1=O. The van der Waals surface area contributed by atoms with Crippen molar-refractivity contribution in [3.05, 3.63) is 56.9 Å². The second-order valence-corrected chi connectivity index (χ2v) is 8.18. The van der Waals surface area contributed by atoms with Crippen molar-refractivity contribution >= 4 is 5.78 Å². The number of carbonyl (C=O) groups is 1. The van der Waals surface area contributed by atoms with Gasteiger partial charge in [0.15, 0.2) is 6.10 Å². The number of pyridine rings is 1. The lowest BCUT2D eigenvalue weighted by molar-refractivity contribution is 0.0812. The summed E-state index contributed by atoms with van der Waals surface area (Å²) in [6.45, 7) is 9.64. The highest BCUT2D eigenvalue weighted by atomic mass is 16.5. The van der Waals surface area contributed by atoms with Gasteiger partial charge < -0.3 is 9.84 Å². The van der Waals surface area contributed by atoms with E-state index in [1.165, 1.54) is 6.92 Å². The highest BCUT2D eigenvalue weighted by molar-refractivity contribution is 6.03. The zero-order valence-corrected chi connectivity index (χ0v) is 19.1. The van der Waals surface area contributed by atoms with Crippen molar-refractivity contribution in [2.75, 3.05) is 0 Å². The Balaban J connectivity index is 2.35. The summed E-state index contributed by atoms with van der Waals surface area (Å²) in [5.41, 5.74) is 0.630. The first kappa shape index (κ1) is 24.2. The highest BCUT2D eigenvalue weighted by Crippen LogP contribution is 2.26. The summed E-state index contributed by atoms with van der Waals surface area (Å²) in [5.74, 6) is 0.0571. The number of rotatable bonds is 10. The first-order valence-corrected chi connectivity index (χ1v) is 10.9. The van der Waals surface area contributed by atoms with Crippen LogP contribution in [-0.4, -0.2) is 21.6 Å². The van der Waals surface area contributed by atoms with Crippen LogP contribution in [0.15, 0.2) is 29.1 Å². The van der Waals surface area contributed by atoms with Gasteiger partial charge in [-0.2, -0.15) is 5.26 Å². The van der Waals surface area contributed by atoms with E-state index >= 15 is 0 Å². The standard InChI is InChI=1S/C25H32N2O4/c1-6-7-8-9-14-27-24(29)21(15-26)17(4)22(25(27)30)23(28)18(5)31-20-12-10-19(11-13-20)16(2)3/h10-13,16,18,30H,6-9,14H2,1-5H3. The van der Waals surface area contributed by atoms with Crippen molar-refractivity contribution in [2.45, 2.75) is 78.9 Å². The monoisotopic (exact) mass is 424 g/mol. The molecule has 0 fully saturated rings. The van der Waals surface area contributed by atoms with Crippen molar-refractivity contribution in [1.29, 1.82) is 5.26 Å². The maximum absolute atomic E-state index is 13.2. The van der Waals surface area contributed by atoms with Gasteiger partial charge in [0.2, 0.25) is 11.7 Å². The van der Waals surface area contributed by atoms with E-state index in [2.05, 4.69) is 20.8 Å². The molecule has 2 aromatic rings. The molecule has 1 N–H and O–H groups in total. The van der Waals surface area contributed by atoms with Crippen molar-refractivity contribution in [3.8, 4) is 17.7 Å². The van der Waals surface area contributed by atoms with Gasteiger partial charge in [-0.25, -0.2) is 0 Å². The van der Waals surface area contributed by atoms with Gasteiger partial charge in [0.1, 0.15) is 17.4 Å². The number of unbranched alkanes of at least 4 members (excludes halogenated alkanes) is 3. The van der Waals surface area contributed by atoms with Crippen molar-refractivity contribution in [1.82, 2.24) is 4.57 Å². The summed E-state index contributed by atoms with van der Waals surface area (Å²) < 4.78 is 6.94. The molecular weight excluding hydrogens is 392 g/mol. The fraction of sp³-hybridized carbons (Fsp3) is 0.480. The predicted molar refractivity (Wildman–Crippen MR) is 121 cm³/mol. The Bertz CT molecular complexity index is 1010. The van der Waals surface area contributed by atoms with E-state index in [1.54, 1.807) is 19.1 Å². The molecule has 6 heteroatoms. The molecule has 1 unspecified atom stereocenters. The van der Waals surface area contributed by atoms with Gasteiger partial charge in [-0.15, -0.1) is 0 Å². The number of hydrogen-bond donors (Lipinski definition) is 1. The van der Waals surface area contributed by atoms with Gasteiger partial charge in [-0.3, -0.25) is 14.2 Å². The second kappa shape index (κ2) is 10.8. The molecule has 0 saturated heterocycles. The first-order chi connectivity index (χ1) is 14.7. The molecule has 0 aliphatic heterocycles. The van der Waals surface area contributed by atoms with Crippen LogP contribution in [0.25, 0.3) is 0 Å². The number of benzene rings is 1. The molecule has 0 bridgehead atoms. The molecule has 2 rings (SSSR count). The second-order valence-electron chi connectivity index (χ2n) is 8.18. The topological polar surface area (TPSA) is 92.3 Å². The fourth-order valence-electron chi connectivity index (χ4n) is 3.54. The quantitative estimate of drug-likeness (QED) is 0.424. The third-order valence-electron chi connectivity index (χ3n) is 5.51. The molecule has 0 spiro atoms. The molecular formula is C25H32N2O4. The lowest BCUT2D eigenvalue weighted by Gasteiger charge is -2.19. The van der Waals surface area contributed by atoms with Crippen molar-refractivity contribution in [2.24, 2.45) is 0 Å². The summed E-state index contributed by atoms with van der Waals surface area (Å²) in [6.07, 6.45) is 2.73. The zero-order valence-electron chi connectivity index (χ0n) is 19.1. The molecule has 0 aliphatic rings. The average molecular weight is 425 g/mol. The Morgan fingerprint density at radius 3 is 2.35 bits per heavy atom. The molecule has 1 aromatic heterocycles. The van der Waals surface area contributed by atoms with Crippen LogP contribution in [0, 0.1) is 18.3 Å². The minimum absolute atomic E-state index is 0.0297. The van der Waals surface area contributed by atoms with Crippen molar-refractivity contribution < 1.29 is 14.6 Å². The number of nitrogens with zero attached hydrogens (tertiary/aromatic N) is 2. The molecule has 1 aromatic carbocycles. The van der Waals surface area contributed by atoms with E-state index in [4.69, 9.17) is 4.74 Å². The highest BCUT2D eigenvalue weighted by Gasteiger charge is 2.28. The maximum Gasteiger partial charge on any atom is 0.271 e. The Labute approximate surface area is 184 Å². The summed E-state index contributed by atoms with van der Waals surface area (Å²) in [7, 11) is 0. The van der Waals surface area contributed by atoms with Crippen LogP contribution < -0.4 is 10.3 Å². The van der Waals surface area contributed by atoms with E-state index in [1.807, 2.05) is 18.2 Å². The molecule has 0 saturated carbocycles. The Hall–Kier alpha value is -3.07. The Kier molecular flexibility index (Phi) is 8.44. The minimum Gasteiger partial charge on any atom is -0.494 e. The van der Waals surface area contributed by atoms with E-state index in [9.17, 15) is 20.0 Å². The number of hydrogen-bond acceptors (Lipinski definition) is 5. The average Bonchev–Trinajstić information content (AvgIpc) is 2.73. The minimum atomic E-state index is -0.896. The van der Waals surface area contributed by atoms with Gasteiger partial charge >= 0.3 is 0 Å². The summed E-state index contributed by atoms with van der Waals surface area (Å²) >= 11 is 0. The van der Waals surface area contributed by atoms with E-state index in [0.29, 0.717) is 18.1 Å². The number of aromatic hydroxyl groups is 1. The number of ether oxygens (including phenoxy) is 1. The third kappa shape index (κ3) is 5.55. The van der Waals surface area contributed by atoms with E-state index < -0.39 is 23.3 Å². The molecule has 166 valence electrons.